The van der Waals surface area contributed by atoms with Crippen LogP contribution in [0.1, 0.15) is 25.4 Å². The summed E-state index contributed by atoms with van der Waals surface area (Å²) in [6.45, 7) is 11.1. The van der Waals surface area contributed by atoms with Gasteiger partial charge in [-0.2, -0.15) is 0 Å². The van der Waals surface area contributed by atoms with Crippen LogP contribution in [0.15, 0.2) is 48.7 Å². The van der Waals surface area contributed by atoms with Crippen LogP contribution >= 0.6 is 0 Å². The molecule has 0 spiro atoms. The molecule has 0 amide bonds. The quantitative estimate of drug-likeness (QED) is 0.511. The van der Waals surface area contributed by atoms with E-state index in [9.17, 15) is 8.42 Å². The Labute approximate surface area is 219 Å². The van der Waals surface area contributed by atoms with Gasteiger partial charge in [-0.25, -0.2) is 13.4 Å². The van der Waals surface area contributed by atoms with Crippen LogP contribution in [-0.4, -0.2) is 84.6 Å². The van der Waals surface area contributed by atoms with Crippen LogP contribution in [0.2, 0.25) is 0 Å². The predicted molar refractivity (Wildman–Crippen MR) is 146 cm³/mol. The van der Waals surface area contributed by atoms with E-state index < -0.39 is 9.84 Å². The zero-order valence-corrected chi connectivity index (χ0v) is 22.5. The first kappa shape index (κ1) is 24.5. The zero-order valence-electron chi connectivity index (χ0n) is 21.6. The molecular weight excluding hydrogens is 486 g/mol. The molecule has 8 nitrogen and oxygen atoms in total. The highest BCUT2D eigenvalue weighted by molar-refractivity contribution is 7.91. The van der Waals surface area contributed by atoms with Gasteiger partial charge in [0.25, 0.3) is 0 Å². The van der Waals surface area contributed by atoms with Crippen molar-refractivity contribution in [2.75, 3.05) is 55.7 Å². The maximum Gasteiger partial charge on any atom is 0.152 e. The van der Waals surface area contributed by atoms with Gasteiger partial charge in [0.2, 0.25) is 0 Å². The number of aromatic nitrogens is 2. The second-order valence-corrected chi connectivity index (χ2v) is 12.9. The molecule has 2 aromatic carbocycles. The van der Waals surface area contributed by atoms with E-state index in [1.165, 1.54) is 11.3 Å². The average molecular weight is 522 g/mol. The molecule has 2 fully saturated rings. The van der Waals surface area contributed by atoms with Gasteiger partial charge in [-0.05, 0) is 49.2 Å². The molecule has 4 heterocycles. The van der Waals surface area contributed by atoms with Crippen molar-refractivity contribution in [2.45, 2.75) is 33.0 Å². The van der Waals surface area contributed by atoms with Gasteiger partial charge in [0.05, 0.1) is 22.9 Å². The summed E-state index contributed by atoms with van der Waals surface area (Å²) in [6, 6.07) is 15.8. The molecule has 0 radical (unpaired) electrons. The van der Waals surface area contributed by atoms with Crippen molar-refractivity contribution in [3.8, 4) is 22.6 Å². The lowest BCUT2D eigenvalue weighted by atomic mass is 10.0. The van der Waals surface area contributed by atoms with Crippen LogP contribution in [0, 0.1) is 0 Å². The van der Waals surface area contributed by atoms with Gasteiger partial charge in [0.1, 0.15) is 12.4 Å². The third kappa shape index (κ3) is 5.12. The predicted octanol–water partition coefficient (Wildman–Crippen LogP) is 3.19. The molecule has 0 bridgehead atoms. The van der Waals surface area contributed by atoms with Crippen LogP contribution in [0.25, 0.3) is 16.8 Å². The largest absolute Gasteiger partial charge is 0.483 e. The minimum Gasteiger partial charge on any atom is -0.483 e. The Kier molecular flexibility index (Phi) is 6.46. The number of rotatable bonds is 5. The Morgan fingerprint density at radius 3 is 2.32 bits per heavy atom. The molecule has 1 aromatic heterocycles. The van der Waals surface area contributed by atoms with Crippen LogP contribution < -0.4 is 9.64 Å². The van der Waals surface area contributed by atoms with Crippen LogP contribution in [0.3, 0.4) is 0 Å². The van der Waals surface area contributed by atoms with Crippen molar-refractivity contribution in [3.05, 3.63) is 60.2 Å². The Morgan fingerprint density at radius 1 is 0.919 bits per heavy atom. The lowest BCUT2D eigenvalue weighted by molar-refractivity contribution is 0.209. The lowest BCUT2D eigenvalue weighted by Crippen LogP contribution is -2.48. The summed E-state index contributed by atoms with van der Waals surface area (Å²) in [4.78, 5) is 11.9. The van der Waals surface area contributed by atoms with E-state index in [2.05, 4.69) is 81.8 Å². The Morgan fingerprint density at radius 2 is 1.62 bits per heavy atom. The average Bonchev–Trinajstić information content (AvgIpc) is 3.33. The number of piperazine rings is 1. The smallest absolute Gasteiger partial charge is 0.152 e. The Bertz CT molecular complexity index is 1360. The summed E-state index contributed by atoms with van der Waals surface area (Å²) in [5.74, 6) is 2.18. The van der Waals surface area contributed by atoms with Crippen molar-refractivity contribution in [2.24, 2.45) is 0 Å². The van der Waals surface area contributed by atoms with Crippen LogP contribution in [0.5, 0.6) is 5.75 Å². The number of ether oxygens (including phenoxy) is 1. The molecule has 9 heteroatoms. The van der Waals surface area contributed by atoms with Gasteiger partial charge in [0, 0.05) is 63.7 Å². The van der Waals surface area contributed by atoms with Crippen molar-refractivity contribution in [3.63, 3.8) is 0 Å². The van der Waals surface area contributed by atoms with Gasteiger partial charge in [-0.15, -0.1) is 0 Å². The van der Waals surface area contributed by atoms with Crippen molar-refractivity contribution in [1.29, 1.82) is 0 Å². The standard InChI is InChI=1S/C28H35N5O3S/c1-21(2)31-9-11-32(12-10-31)25-6-3-22(4-7-25)23-5-8-26-27(17-23)36-20-28-29-24(19-33(26)28)18-30-13-15-37(34,35)16-14-30/h3-8,17,19,21H,9-16,18,20H2,1-2H3. The second-order valence-electron chi connectivity index (χ2n) is 10.6. The second kappa shape index (κ2) is 9.78. The van der Waals surface area contributed by atoms with Gasteiger partial charge in [0.15, 0.2) is 15.7 Å². The lowest BCUT2D eigenvalue weighted by Gasteiger charge is -2.38. The van der Waals surface area contributed by atoms with Gasteiger partial charge in [-0.3, -0.25) is 14.4 Å². The molecule has 6 rings (SSSR count). The molecule has 37 heavy (non-hydrogen) atoms. The topological polar surface area (TPSA) is 70.9 Å². The summed E-state index contributed by atoms with van der Waals surface area (Å²) < 4.78 is 31.7. The number of hydrogen-bond donors (Lipinski definition) is 0. The number of imidazole rings is 1. The van der Waals surface area contributed by atoms with E-state index in [-0.39, 0.29) is 11.5 Å². The molecule has 2 saturated heterocycles. The summed E-state index contributed by atoms with van der Waals surface area (Å²) in [5, 5.41) is 0. The van der Waals surface area contributed by atoms with Crippen molar-refractivity contribution in [1.82, 2.24) is 19.4 Å². The summed E-state index contributed by atoms with van der Waals surface area (Å²) >= 11 is 0. The molecular formula is C28H35N5O3S. The minimum atomic E-state index is -2.88. The number of hydrogen-bond acceptors (Lipinski definition) is 7. The molecule has 0 unspecified atom stereocenters. The molecule has 3 aromatic rings. The molecule has 0 saturated carbocycles. The highest BCUT2D eigenvalue weighted by atomic mass is 32.2. The maximum absolute atomic E-state index is 11.7. The first-order valence-electron chi connectivity index (χ1n) is 13.2. The van der Waals surface area contributed by atoms with Gasteiger partial charge in [-0.1, -0.05) is 18.2 Å². The number of fused-ring (bicyclic) bond motifs is 3. The van der Waals surface area contributed by atoms with E-state index in [1.54, 1.807) is 0 Å². The number of anilines is 1. The number of nitrogens with zero attached hydrogens (tertiary/aromatic N) is 5. The zero-order chi connectivity index (χ0) is 25.6. The molecule has 196 valence electrons. The fraction of sp³-hybridized carbons (Fsp3) is 0.464. The fourth-order valence-corrected chi connectivity index (χ4v) is 6.78. The number of benzene rings is 2. The van der Waals surface area contributed by atoms with E-state index in [4.69, 9.17) is 9.72 Å². The molecule has 3 aliphatic heterocycles. The van der Waals surface area contributed by atoms with E-state index >= 15 is 0 Å². The van der Waals surface area contributed by atoms with Crippen molar-refractivity contribution >= 4 is 15.5 Å². The van der Waals surface area contributed by atoms with Gasteiger partial charge < -0.3 is 9.64 Å². The van der Waals surface area contributed by atoms with E-state index in [0.29, 0.717) is 32.3 Å². The van der Waals surface area contributed by atoms with Crippen LogP contribution in [0.4, 0.5) is 5.69 Å². The summed E-state index contributed by atoms with van der Waals surface area (Å²) in [5.41, 5.74) is 5.52. The maximum atomic E-state index is 11.7. The highest BCUT2D eigenvalue weighted by Crippen LogP contribution is 2.35. The van der Waals surface area contributed by atoms with E-state index in [0.717, 1.165) is 54.7 Å². The van der Waals surface area contributed by atoms with Crippen molar-refractivity contribution < 1.29 is 13.2 Å². The molecule has 0 atom stereocenters. The van der Waals surface area contributed by atoms with E-state index in [1.807, 2.05) is 0 Å². The Balaban J connectivity index is 1.15. The molecule has 3 aliphatic rings. The fourth-order valence-electron chi connectivity index (χ4n) is 5.51. The highest BCUT2D eigenvalue weighted by Gasteiger charge is 2.25. The normalized spacial score (nSPS) is 19.9. The summed E-state index contributed by atoms with van der Waals surface area (Å²) in [7, 11) is -2.88. The third-order valence-electron chi connectivity index (χ3n) is 7.84. The minimum absolute atomic E-state index is 0.227. The first-order chi connectivity index (χ1) is 17.8. The molecule has 0 N–H and O–H groups in total. The monoisotopic (exact) mass is 521 g/mol. The Hall–Kier alpha value is -2.88. The third-order valence-corrected chi connectivity index (χ3v) is 9.45. The van der Waals surface area contributed by atoms with Gasteiger partial charge >= 0.3 is 0 Å². The van der Waals surface area contributed by atoms with Crippen LogP contribution in [-0.2, 0) is 23.0 Å². The number of sulfone groups is 1. The first-order valence-corrected chi connectivity index (χ1v) is 15.0. The molecule has 0 aliphatic carbocycles. The summed E-state index contributed by atoms with van der Waals surface area (Å²) in [6.07, 6.45) is 2.06. The SMILES string of the molecule is CC(C)N1CCN(c2ccc(-c3ccc4c(c3)OCc3nc(CN5CCS(=O)(=O)CC5)cn3-4)cc2)CC1.